The van der Waals surface area contributed by atoms with Gasteiger partial charge in [-0.3, -0.25) is 37.3 Å². The lowest BCUT2D eigenvalue weighted by Crippen LogP contribution is -2.30. The van der Waals surface area contributed by atoms with Crippen LogP contribution in [0, 0.1) is 5.92 Å². The van der Waals surface area contributed by atoms with E-state index in [0.717, 1.165) is 102 Å². The Hall–Kier alpha value is -1.94. The van der Waals surface area contributed by atoms with Crippen molar-refractivity contribution < 1.29 is 80.2 Å². The Balaban J connectivity index is 5.14. The maximum Gasteiger partial charge on any atom is 0.472 e. The molecule has 94 heavy (non-hydrogen) atoms. The number of hydrogen-bond donors (Lipinski definition) is 3. The molecule has 0 aliphatic heterocycles. The Labute approximate surface area is 575 Å². The molecule has 0 radical (unpaired) electrons. The lowest BCUT2D eigenvalue weighted by atomic mass is 10.0. The number of aliphatic hydroxyl groups is 1. The van der Waals surface area contributed by atoms with Crippen molar-refractivity contribution in [3.05, 3.63) is 0 Å². The van der Waals surface area contributed by atoms with Gasteiger partial charge in [-0.1, -0.05) is 343 Å². The van der Waals surface area contributed by atoms with Crippen molar-refractivity contribution in [2.45, 2.75) is 412 Å². The van der Waals surface area contributed by atoms with E-state index in [4.69, 9.17) is 37.0 Å². The van der Waals surface area contributed by atoms with Crippen LogP contribution >= 0.6 is 15.6 Å². The fourth-order valence-electron chi connectivity index (χ4n) is 11.5. The number of rotatable bonds is 75. The molecule has 0 spiro atoms. The van der Waals surface area contributed by atoms with Crippen LogP contribution in [0.2, 0.25) is 0 Å². The third-order valence-corrected chi connectivity index (χ3v) is 19.4. The minimum Gasteiger partial charge on any atom is -0.462 e. The topological polar surface area (TPSA) is 237 Å². The van der Waals surface area contributed by atoms with E-state index in [9.17, 15) is 43.2 Å². The maximum atomic E-state index is 13.1. The molecule has 0 aromatic heterocycles. The highest BCUT2D eigenvalue weighted by molar-refractivity contribution is 7.47. The fourth-order valence-corrected chi connectivity index (χ4v) is 13.1. The van der Waals surface area contributed by atoms with Crippen molar-refractivity contribution in [2.24, 2.45) is 5.92 Å². The third-order valence-electron chi connectivity index (χ3n) is 17.5. The van der Waals surface area contributed by atoms with Crippen LogP contribution in [0.5, 0.6) is 0 Å². The number of unbranched alkanes of at least 4 members (excludes halogenated alkanes) is 47. The normalized spacial score (nSPS) is 14.0. The minimum absolute atomic E-state index is 0.107. The largest absolute Gasteiger partial charge is 0.472 e. The van der Waals surface area contributed by atoms with Crippen LogP contribution in [-0.2, 0) is 65.4 Å². The summed E-state index contributed by atoms with van der Waals surface area (Å²) in [5.41, 5.74) is 0. The van der Waals surface area contributed by atoms with Crippen LogP contribution in [0.1, 0.15) is 394 Å². The molecule has 0 bridgehead atoms. The van der Waals surface area contributed by atoms with Gasteiger partial charge < -0.3 is 33.8 Å². The molecule has 0 aliphatic carbocycles. The number of phosphoric acid groups is 2. The first-order chi connectivity index (χ1) is 45.5. The molecule has 5 atom stereocenters. The number of phosphoric ester groups is 2. The van der Waals surface area contributed by atoms with Gasteiger partial charge in [0.15, 0.2) is 12.2 Å². The van der Waals surface area contributed by atoms with E-state index in [1.165, 1.54) is 212 Å². The standard InChI is InChI=1S/C75H146O17P2/c1-6-9-12-15-17-19-21-23-24-25-26-27-28-34-38-42-46-51-56-61-75(80)92-71(65-86-73(78)59-54-49-44-40-36-33-30-29-32-35-39-43-48-52-57-68(4)5)67-90-94(83,84)88-63-69(76)62-87-93(81,82)89-66-70(64-85-72(77)58-53-47-14-11-8-3)91-74(79)60-55-50-45-41-37-31-22-20-18-16-13-10-7-2/h68-71,76H,6-67H2,1-5H3,(H,81,82)(H,83,84)/t69-,70+,71+/m0/s1. The predicted octanol–water partition coefficient (Wildman–Crippen LogP) is 22.1. The monoisotopic (exact) mass is 1380 g/mol. The van der Waals surface area contributed by atoms with E-state index in [2.05, 4.69) is 34.6 Å². The van der Waals surface area contributed by atoms with Crippen molar-refractivity contribution in [2.75, 3.05) is 39.6 Å². The van der Waals surface area contributed by atoms with Gasteiger partial charge in [-0.05, 0) is 31.6 Å². The quantitative estimate of drug-likeness (QED) is 0.0222. The summed E-state index contributed by atoms with van der Waals surface area (Å²) in [6.45, 7) is 7.23. The van der Waals surface area contributed by atoms with Gasteiger partial charge in [0.1, 0.15) is 19.3 Å². The summed E-state index contributed by atoms with van der Waals surface area (Å²) < 4.78 is 68.3. The van der Waals surface area contributed by atoms with E-state index < -0.39 is 97.5 Å². The molecule has 0 fully saturated rings. The number of hydrogen-bond acceptors (Lipinski definition) is 15. The second kappa shape index (κ2) is 68.2. The zero-order valence-electron chi connectivity index (χ0n) is 61.1. The highest BCUT2D eigenvalue weighted by atomic mass is 31.2. The van der Waals surface area contributed by atoms with Crippen molar-refractivity contribution >= 4 is 39.5 Å². The maximum absolute atomic E-state index is 13.1. The molecule has 0 aromatic carbocycles. The number of esters is 4. The lowest BCUT2D eigenvalue weighted by Gasteiger charge is -2.21. The van der Waals surface area contributed by atoms with Gasteiger partial charge in [0.25, 0.3) is 0 Å². The number of ether oxygens (including phenoxy) is 4. The highest BCUT2D eigenvalue weighted by Crippen LogP contribution is 2.45. The molecule has 19 heteroatoms. The van der Waals surface area contributed by atoms with E-state index in [1.807, 2.05) is 0 Å². The van der Waals surface area contributed by atoms with E-state index in [1.54, 1.807) is 0 Å². The zero-order valence-corrected chi connectivity index (χ0v) is 62.9. The van der Waals surface area contributed by atoms with Crippen LogP contribution in [0.15, 0.2) is 0 Å². The van der Waals surface area contributed by atoms with Crippen molar-refractivity contribution in [1.82, 2.24) is 0 Å². The Bertz CT molecular complexity index is 1810. The molecule has 17 nitrogen and oxygen atoms in total. The van der Waals surface area contributed by atoms with Crippen LogP contribution in [0.4, 0.5) is 0 Å². The summed E-state index contributed by atoms with van der Waals surface area (Å²) in [5.74, 6) is -1.33. The van der Waals surface area contributed by atoms with Gasteiger partial charge in [0.2, 0.25) is 0 Å². The summed E-state index contributed by atoms with van der Waals surface area (Å²) in [7, 11) is -9.90. The third kappa shape index (κ3) is 68.6. The van der Waals surface area contributed by atoms with E-state index in [-0.39, 0.29) is 25.7 Å². The summed E-state index contributed by atoms with van der Waals surface area (Å²) in [4.78, 5) is 72.5. The van der Waals surface area contributed by atoms with Crippen molar-refractivity contribution in [3.63, 3.8) is 0 Å². The first kappa shape index (κ1) is 92.1. The van der Waals surface area contributed by atoms with Crippen molar-refractivity contribution in [1.29, 1.82) is 0 Å². The molecule has 0 amide bonds. The second-order valence-electron chi connectivity index (χ2n) is 27.5. The SMILES string of the molecule is CCCCCCCCCCCCCCCCCCCCCC(=O)O[C@H](COC(=O)CCCCCCCCCCCCCCCCC(C)C)COP(=O)(O)OC[C@@H](O)COP(=O)(O)OC[C@@H](COC(=O)CCCCCCC)OC(=O)CCCCCCCCCCCCCCC. The number of carbonyl (C=O) groups excluding carboxylic acids is 4. The molecule has 558 valence electrons. The van der Waals surface area contributed by atoms with Crippen LogP contribution in [0.25, 0.3) is 0 Å². The molecule has 0 saturated carbocycles. The van der Waals surface area contributed by atoms with Gasteiger partial charge in [-0.25, -0.2) is 9.13 Å². The van der Waals surface area contributed by atoms with Gasteiger partial charge in [0.05, 0.1) is 26.4 Å². The van der Waals surface area contributed by atoms with E-state index in [0.29, 0.717) is 25.7 Å². The molecule has 0 aliphatic rings. The van der Waals surface area contributed by atoms with Gasteiger partial charge in [-0.15, -0.1) is 0 Å². The minimum atomic E-state index is -4.95. The Kier molecular flexibility index (Phi) is 66.8. The molecular formula is C75H146O17P2. The molecule has 0 rings (SSSR count). The lowest BCUT2D eigenvalue weighted by molar-refractivity contribution is -0.161. The summed E-state index contributed by atoms with van der Waals surface area (Å²) in [5, 5.41) is 10.6. The summed E-state index contributed by atoms with van der Waals surface area (Å²) in [6.07, 6.45) is 57.3. The number of carbonyl (C=O) groups is 4. The average Bonchev–Trinajstić information content (AvgIpc) is 2.20. The van der Waals surface area contributed by atoms with Crippen LogP contribution in [0.3, 0.4) is 0 Å². The summed E-state index contributed by atoms with van der Waals surface area (Å²) in [6, 6.07) is 0. The first-order valence-electron chi connectivity index (χ1n) is 39.1. The molecule has 0 aromatic rings. The first-order valence-corrected chi connectivity index (χ1v) is 42.1. The number of aliphatic hydroxyl groups excluding tert-OH is 1. The van der Waals surface area contributed by atoms with Gasteiger partial charge >= 0.3 is 39.5 Å². The Morgan fingerprint density at radius 1 is 0.287 bits per heavy atom. The summed E-state index contributed by atoms with van der Waals surface area (Å²) >= 11 is 0. The predicted molar refractivity (Wildman–Crippen MR) is 382 cm³/mol. The zero-order chi connectivity index (χ0) is 69.1. The van der Waals surface area contributed by atoms with E-state index >= 15 is 0 Å². The van der Waals surface area contributed by atoms with Crippen LogP contribution in [-0.4, -0.2) is 96.7 Å². The van der Waals surface area contributed by atoms with Crippen LogP contribution < -0.4 is 0 Å². The van der Waals surface area contributed by atoms with Crippen molar-refractivity contribution in [3.8, 4) is 0 Å². The molecule has 0 heterocycles. The molecule has 3 N–H and O–H groups in total. The molecular weight excluding hydrogens is 1230 g/mol. The second-order valence-corrected chi connectivity index (χ2v) is 30.4. The molecule has 0 saturated heterocycles. The Morgan fingerprint density at radius 3 is 0.723 bits per heavy atom. The van der Waals surface area contributed by atoms with Gasteiger partial charge in [0, 0.05) is 25.7 Å². The molecule has 2 unspecified atom stereocenters. The fraction of sp³-hybridized carbons (Fsp3) is 0.947. The van der Waals surface area contributed by atoms with Gasteiger partial charge in [-0.2, -0.15) is 0 Å². The average molecular weight is 1380 g/mol. The smallest absolute Gasteiger partial charge is 0.462 e. The Morgan fingerprint density at radius 2 is 0.489 bits per heavy atom. The highest BCUT2D eigenvalue weighted by Gasteiger charge is 2.30.